The first-order valence-corrected chi connectivity index (χ1v) is 9.00. The highest BCUT2D eigenvalue weighted by Gasteiger charge is 2.28. The molecule has 0 aliphatic carbocycles. The van der Waals surface area contributed by atoms with E-state index in [1.807, 2.05) is 42.5 Å². The number of rotatable bonds is 7. The number of allylic oxidation sites excluding steroid dienone is 1. The zero-order chi connectivity index (χ0) is 20.7. The highest BCUT2D eigenvalue weighted by Crippen LogP contribution is 2.31. The van der Waals surface area contributed by atoms with Gasteiger partial charge in [0.15, 0.2) is 0 Å². The molecule has 0 unspecified atom stereocenters. The van der Waals surface area contributed by atoms with Gasteiger partial charge in [-0.25, -0.2) is 4.79 Å². The zero-order valence-electron chi connectivity index (χ0n) is 15.8. The average molecular weight is 394 g/mol. The lowest BCUT2D eigenvalue weighted by atomic mass is 10.0. The molecule has 0 bridgehead atoms. The van der Waals surface area contributed by atoms with Gasteiger partial charge in [0.1, 0.15) is 12.4 Å². The van der Waals surface area contributed by atoms with Crippen LogP contribution >= 0.6 is 0 Å². The van der Waals surface area contributed by atoms with Gasteiger partial charge in [-0.15, -0.1) is 0 Å². The summed E-state index contributed by atoms with van der Waals surface area (Å²) in [6, 6.07) is 22.3. The number of ether oxygens (including phenoxy) is 2. The number of esters is 1. The van der Waals surface area contributed by atoms with Crippen LogP contribution in [0.25, 0.3) is 11.1 Å². The molecule has 0 aromatic heterocycles. The van der Waals surface area contributed by atoms with Crippen LogP contribution in [0.2, 0.25) is 0 Å². The third kappa shape index (κ3) is 5.51. The summed E-state index contributed by atoms with van der Waals surface area (Å²) in [6.07, 6.45) is 1.32. The predicted octanol–water partition coefficient (Wildman–Crippen LogP) is 5.75. The van der Waals surface area contributed by atoms with Crippen LogP contribution in [-0.4, -0.2) is 13.1 Å². The van der Waals surface area contributed by atoms with Crippen molar-refractivity contribution >= 4 is 5.97 Å². The zero-order valence-corrected chi connectivity index (χ0v) is 15.8. The minimum Gasteiger partial charge on any atom is -0.497 e. The van der Waals surface area contributed by atoms with Crippen LogP contribution in [0, 0.1) is 0 Å². The molecule has 0 radical (unpaired) electrons. The molecule has 0 amide bonds. The van der Waals surface area contributed by atoms with Gasteiger partial charge in [-0.05, 0) is 34.9 Å². The summed E-state index contributed by atoms with van der Waals surface area (Å²) in [4.78, 5) is 11.7. The first kappa shape index (κ1) is 20.3. The standard InChI is InChI=1S/C24H20F2O3/c1-28-22-13-9-20(10-14-22)19-7-11-21(12-8-19)24(25,26)16-15-23(27)29-17-18-5-3-2-4-6-18/h2-16H,17H2,1H3. The molecule has 3 nitrogen and oxygen atoms in total. The fourth-order valence-corrected chi connectivity index (χ4v) is 2.71. The Morgan fingerprint density at radius 1 is 0.897 bits per heavy atom. The fraction of sp³-hybridized carbons (Fsp3) is 0.125. The van der Waals surface area contributed by atoms with E-state index in [2.05, 4.69) is 0 Å². The molecule has 0 aliphatic rings. The van der Waals surface area contributed by atoms with E-state index >= 15 is 0 Å². The van der Waals surface area contributed by atoms with Crippen LogP contribution in [-0.2, 0) is 22.1 Å². The quantitative estimate of drug-likeness (QED) is 0.378. The summed E-state index contributed by atoms with van der Waals surface area (Å²) >= 11 is 0. The Morgan fingerprint density at radius 3 is 2.07 bits per heavy atom. The topological polar surface area (TPSA) is 35.5 Å². The maximum atomic E-state index is 14.4. The van der Waals surface area contributed by atoms with Gasteiger partial charge in [0.2, 0.25) is 0 Å². The van der Waals surface area contributed by atoms with Crippen LogP contribution in [0.3, 0.4) is 0 Å². The van der Waals surface area contributed by atoms with Gasteiger partial charge in [0, 0.05) is 11.6 Å². The van der Waals surface area contributed by atoms with E-state index in [0.717, 1.165) is 28.5 Å². The van der Waals surface area contributed by atoms with Crippen molar-refractivity contribution in [1.29, 1.82) is 0 Å². The summed E-state index contributed by atoms with van der Waals surface area (Å²) in [5.41, 5.74) is 2.27. The largest absolute Gasteiger partial charge is 0.497 e. The van der Waals surface area contributed by atoms with Gasteiger partial charge in [-0.2, -0.15) is 8.78 Å². The molecule has 0 saturated heterocycles. The van der Waals surface area contributed by atoms with E-state index in [0.29, 0.717) is 6.08 Å². The van der Waals surface area contributed by atoms with Crippen LogP contribution in [0.4, 0.5) is 8.78 Å². The molecular formula is C24H20F2O3. The Hall–Kier alpha value is -3.47. The molecule has 0 atom stereocenters. The summed E-state index contributed by atoms with van der Waals surface area (Å²) in [6.45, 7) is 0.0339. The van der Waals surface area contributed by atoms with Gasteiger partial charge in [-0.3, -0.25) is 0 Å². The number of hydrogen-bond donors (Lipinski definition) is 0. The number of benzene rings is 3. The molecule has 3 rings (SSSR count). The fourth-order valence-electron chi connectivity index (χ4n) is 2.71. The predicted molar refractivity (Wildman–Crippen MR) is 108 cm³/mol. The molecule has 0 heterocycles. The Balaban J connectivity index is 1.63. The highest BCUT2D eigenvalue weighted by molar-refractivity contribution is 5.82. The Kier molecular flexibility index (Phi) is 6.39. The summed E-state index contributed by atoms with van der Waals surface area (Å²) in [7, 11) is 1.58. The SMILES string of the molecule is COc1ccc(-c2ccc(C(F)(F)C=CC(=O)OCc3ccccc3)cc2)cc1. The van der Waals surface area contributed by atoms with Crippen molar-refractivity contribution in [2.24, 2.45) is 0 Å². The van der Waals surface area contributed by atoms with Gasteiger partial charge < -0.3 is 9.47 Å². The number of carbonyl (C=O) groups excluding carboxylic acids is 1. The summed E-state index contributed by atoms with van der Waals surface area (Å²) in [5, 5.41) is 0. The van der Waals surface area contributed by atoms with E-state index in [1.165, 1.54) is 12.1 Å². The second-order valence-electron chi connectivity index (χ2n) is 6.36. The smallest absolute Gasteiger partial charge is 0.330 e. The highest BCUT2D eigenvalue weighted by atomic mass is 19.3. The molecule has 0 aliphatic heterocycles. The number of hydrogen-bond acceptors (Lipinski definition) is 3. The molecule has 5 heteroatoms. The van der Waals surface area contributed by atoms with Crippen molar-refractivity contribution in [1.82, 2.24) is 0 Å². The lowest BCUT2D eigenvalue weighted by Gasteiger charge is -2.13. The molecule has 3 aromatic carbocycles. The van der Waals surface area contributed by atoms with E-state index in [-0.39, 0.29) is 12.2 Å². The number of halogens is 2. The van der Waals surface area contributed by atoms with Crippen LogP contribution in [0.5, 0.6) is 5.75 Å². The van der Waals surface area contributed by atoms with Crippen LogP contribution in [0.15, 0.2) is 91.0 Å². The monoisotopic (exact) mass is 394 g/mol. The maximum Gasteiger partial charge on any atom is 0.330 e. The molecule has 3 aromatic rings. The average Bonchev–Trinajstić information content (AvgIpc) is 2.77. The Bertz CT molecular complexity index is 963. The van der Waals surface area contributed by atoms with Gasteiger partial charge in [0.05, 0.1) is 7.11 Å². The van der Waals surface area contributed by atoms with Crippen molar-refractivity contribution in [3.63, 3.8) is 0 Å². The first-order valence-electron chi connectivity index (χ1n) is 9.00. The van der Waals surface area contributed by atoms with Crippen LogP contribution < -0.4 is 4.74 Å². The molecule has 148 valence electrons. The minimum absolute atomic E-state index is 0.0339. The maximum absolute atomic E-state index is 14.4. The molecule has 0 spiro atoms. The molecule has 0 N–H and O–H groups in total. The van der Waals surface area contributed by atoms with Crippen molar-refractivity contribution in [2.75, 3.05) is 7.11 Å². The Labute approximate surface area is 168 Å². The third-order valence-corrected chi connectivity index (χ3v) is 4.35. The molecule has 0 saturated carbocycles. The van der Waals surface area contributed by atoms with E-state index < -0.39 is 11.9 Å². The number of carbonyl (C=O) groups is 1. The Morgan fingerprint density at radius 2 is 1.48 bits per heavy atom. The molecule has 29 heavy (non-hydrogen) atoms. The van der Waals surface area contributed by atoms with E-state index in [9.17, 15) is 13.6 Å². The second-order valence-corrected chi connectivity index (χ2v) is 6.36. The molecule has 0 fully saturated rings. The number of methoxy groups -OCH3 is 1. The first-order chi connectivity index (χ1) is 14.0. The van der Waals surface area contributed by atoms with Gasteiger partial charge in [-0.1, -0.05) is 66.7 Å². The lowest BCUT2D eigenvalue weighted by molar-refractivity contribution is -0.139. The number of alkyl halides is 2. The summed E-state index contributed by atoms with van der Waals surface area (Å²) in [5.74, 6) is -3.38. The normalized spacial score (nSPS) is 11.4. The van der Waals surface area contributed by atoms with Crippen LogP contribution in [0.1, 0.15) is 11.1 Å². The van der Waals surface area contributed by atoms with Crippen molar-refractivity contribution in [3.8, 4) is 16.9 Å². The second kappa shape index (κ2) is 9.15. The lowest BCUT2D eigenvalue weighted by Crippen LogP contribution is -2.11. The summed E-state index contributed by atoms with van der Waals surface area (Å²) < 4.78 is 38.9. The van der Waals surface area contributed by atoms with Gasteiger partial charge in [0.25, 0.3) is 5.92 Å². The van der Waals surface area contributed by atoms with Crippen molar-refractivity contribution in [2.45, 2.75) is 12.5 Å². The van der Waals surface area contributed by atoms with Crippen molar-refractivity contribution in [3.05, 3.63) is 102 Å². The molecular weight excluding hydrogens is 374 g/mol. The third-order valence-electron chi connectivity index (χ3n) is 4.35. The van der Waals surface area contributed by atoms with Gasteiger partial charge >= 0.3 is 5.97 Å². The van der Waals surface area contributed by atoms with Crippen molar-refractivity contribution < 1.29 is 23.0 Å². The van der Waals surface area contributed by atoms with E-state index in [4.69, 9.17) is 9.47 Å². The minimum atomic E-state index is -3.29. The van der Waals surface area contributed by atoms with E-state index in [1.54, 1.807) is 31.4 Å².